The third kappa shape index (κ3) is 4.75. The van der Waals surface area contributed by atoms with E-state index in [1.54, 1.807) is 54.6 Å². The van der Waals surface area contributed by atoms with E-state index in [1.165, 1.54) is 6.08 Å². The van der Waals surface area contributed by atoms with Crippen molar-refractivity contribution < 1.29 is 19.1 Å². The van der Waals surface area contributed by atoms with Gasteiger partial charge in [0.05, 0.1) is 17.3 Å². The van der Waals surface area contributed by atoms with Crippen LogP contribution < -0.4 is 15.0 Å². The standard InChI is InChI=1S/C26H18BrN3O4/c1-16-12-20(8-11-23(16)27)30-25(32)22(24(31)29-26(30)33)13-17-6-9-21(10-7-17)34-15-19-5-3-2-4-18(19)14-28/h2-13H,15H2,1H3,(H,29,31,33)/b22-13+. The summed E-state index contributed by atoms with van der Waals surface area (Å²) in [6.07, 6.45) is 1.43. The van der Waals surface area contributed by atoms with Crippen LogP contribution in [0.15, 0.2) is 76.8 Å². The maximum Gasteiger partial charge on any atom is 0.335 e. The first-order valence-electron chi connectivity index (χ1n) is 10.3. The van der Waals surface area contributed by atoms with Crippen molar-refractivity contribution in [1.82, 2.24) is 5.32 Å². The third-order valence-corrected chi connectivity index (χ3v) is 6.11. The maximum atomic E-state index is 13.0. The number of imide groups is 2. The normalized spacial score (nSPS) is 14.7. The molecule has 0 spiro atoms. The van der Waals surface area contributed by atoms with E-state index in [-0.39, 0.29) is 12.2 Å². The molecule has 0 radical (unpaired) electrons. The van der Waals surface area contributed by atoms with Gasteiger partial charge in [0, 0.05) is 10.0 Å². The summed E-state index contributed by atoms with van der Waals surface area (Å²) in [5.41, 5.74) is 2.96. The van der Waals surface area contributed by atoms with Crippen molar-refractivity contribution in [2.75, 3.05) is 4.90 Å². The number of amides is 4. The van der Waals surface area contributed by atoms with Crippen molar-refractivity contribution in [2.24, 2.45) is 0 Å². The monoisotopic (exact) mass is 515 g/mol. The molecule has 168 valence electrons. The summed E-state index contributed by atoms with van der Waals surface area (Å²) in [6, 6.07) is 20.4. The van der Waals surface area contributed by atoms with Crippen LogP contribution >= 0.6 is 15.9 Å². The predicted molar refractivity (Wildman–Crippen MR) is 130 cm³/mol. The molecule has 8 heteroatoms. The van der Waals surface area contributed by atoms with Crippen molar-refractivity contribution >= 4 is 45.5 Å². The average Bonchev–Trinajstić information content (AvgIpc) is 2.83. The van der Waals surface area contributed by atoms with Crippen LogP contribution in [-0.2, 0) is 16.2 Å². The number of hydrogen-bond donors (Lipinski definition) is 1. The minimum atomic E-state index is -0.796. The topological polar surface area (TPSA) is 99.5 Å². The molecule has 0 aromatic heterocycles. The quantitative estimate of drug-likeness (QED) is 0.385. The minimum Gasteiger partial charge on any atom is -0.489 e. The van der Waals surface area contributed by atoms with Gasteiger partial charge < -0.3 is 4.74 Å². The number of rotatable bonds is 5. The van der Waals surface area contributed by atoms with Gasteiger partial charge in [-0.2, -0.15) is 5.26 Å². The van der Waals surface area contributed by atoms with Crippen LogP contribution in [0.3, 0.4) is 0 Å². The molecular weight excluding hydrogens is 498 g/mol. The summed E-state index contributed by atoms with van der Waals surface area (Å²) in [4.78, 5) is 38.8. The molecule has 1 aliphatic heterocycles. The number of nitriles is 1. The van der Waals surface area contributed by atoms with Crippen molar-refractivity contribution in [3.63, 3.8) is 0 Å². The Morgan fingerprint density at radius 2 is 1.79 bits per heavy atom. The van der Waals surface area contributed by atoms with Gasteiger partial charge in [-0.3, -0.25) is 14.9 Å². The molecule has 0 unspecified atom stereocenters. The lowest BCUT2D eigenvalue weighted by Crippen LogP contribution is -2.54. The van der Waals surface area contributed by atoms with Gasteiger partial charge in [-0.15, -0.1) is 0 Å². The molecule has 1 fully saturated rings. The molecular formula is C26H18BrN3O4. The van der Waals surface area contributed by atoms with Crippen molar-refractivity contribution in [1.29, 1.82) is 5.26 Å². The molecule has 34 heavy (non-hydrogen) atoms. The average molecular weight is 516 g/mol. The number of halogens is 1. The van der Waals surface area contributed by atoms with Crippen LogP contribution in [0.25, 0.3) is 6.08 Å². The number of benzene rings is 3. The van der Waals surface area contributed by atoms with Crippen molar-refractivity contribution in [2.45, 2.75) is 13.5 Å². The number of barbiturate groups is 1. The van der Waals surface area contributed by atoms with Crippen LogP contribution in [0.2, 0.25) is 0 Å². The number of nitrogens with one attached hydrogen (secondary N) is 1. The number of ether oxygens (including phenoxy) is 1. The highest BCUT2D eigenvalue weighted by Gasteiger charge is 2.36. The van der Waals surface area contributed by atoms with Gasteiger partial charge in [0.25, 0.3) is 11.8 Å². The fraction of sp³-hybridized carbons (Fsp3) is 0.0769. The predicted octanol–water partition coefficient (Wildman–Crippen LogP) is 4.87. The second kappa shape index (κ2) is 9.73. The Bertz CT molecular complexity index is 1370. The molecule has 1 heterocycles. The summed E-state index contributed by atoms with van der Waals surface area (Å²) >= 11 is 3.39. The van der Waals surface area contributed by atoms with Crippen molar-refractivity contribution in [3.05, 3.63) is 99.0 Å². The Balaban J connectivity index is 1.53. The molecule has 1 saturated heterocycles. The summed E-state index contributed by atoms with van der Waals surface area (Å²) in [7, 11) is 0. The fourth-order valence-electron chi connectivity index (χ4n) is 3.40. The van der Waals surface area contributed by atoms with Gasteiger partial charge in [-0.1, -0.05) is 46.3 Å². The van der Waals surface area contributed by atoms with Gasteiger partial charge >= 0.3 is 6.03 Å². The van der Waals surface area contributed by atoms with E-state index in [0.717, 1.165) is 20.5 Å². The highest BCUT2D eigenvalue weighted by molar-refractivity contribution is 9.10. The number of hydrogen-bond acceptors (Lipinski definition) is 5. The minimum absolute atomic E-state index is 0.156. The molecule has 0 aliphatic carbocycles. The van der Waals surface area contributed by atoms with E-state index < -0.39 is 17.8 Å². The number of anilines is 1. The molecule has 7 nitrogen and oxygen atoms in total. The number of carbonyl (C=O) groups is 3. The smallest absolute Gasteiger partial charge is 0.335 e. The highest BCUT2D eigenvalue weighted by atomic mass is 79.9. The van der Waals surface area contributed by atoms with Crippen LogP contribution in [0, 0.1) is 18.3 Å². The molecule has 3 aromatic carbocycles. The zero-order valence-electron chi connectivity index (χ0n) is 18.0. The van der Waals surface area contributed by atoms with E-state index in [9.17, 15) is 19.6 Å². The Morgan fingerprint density at radius 3 is 2.50 bits per heavy atom. The lowest BCUT2D eigenvalue weighted by Gasteiger charge is -2.26. The largest absolute Gasteiger partial charge is 0.489 e. The van der Waals surface area contributed by atoms with Gasteiger partial charge in [0.1, 0.15) is 17.9 Å². The molecule has 0 bridgehead atoms. The van der Waals surface area contributed by atoms with E-state index in [2.05, 4.69) is 27.3 Å². The Labute approximate surface area is 204 Å². The Kier molecular flexibility index (Phi) is 6.57. The van der Waals surface area contributed by atoms with E-state index in [1.807, 2.05) is 19.1 Å². The van der Waals surface area contributed by atoms with Crippen LogP contribution in [0.4, 0.5) is 10.5 Å². The van der Waals surface area contributed by atoms with E-state index >= 15 is 0 Å². The first-order valence-corrected chi connectivity index (χ1v) is 11.0. The Morgan fingerprint density at radius 1 is 1.06 bits per heavy atom. The van der Waals surface area contributed by atoms with E-state index in [0.29, 0.717) is 22.6 Å². The second-order valence-electron chi connectivity index (χ2n) is 7.52. The number of urea groups is 1. The van der Waals surface area contributed by atoms with Crippen LogP contribution in [-0.4, -0.2) is 17.8 Å². The van der Waals surface area contributed by atoms with Crippen LogP contribution in [0.5, 0.6) is 5.75 Å². The van der Waals surface area contributed by atoms with Gasteiger partial charge in [0.2, 0.25) is 0 Å². The summed E-state index contributed by atoms with van der Waals surface area (Å²) in [5.74, 6) is -0.895. The first kappa shape index (κ1) is 23.0. The summed E-state index contributed by atoms with van der Waals surface area (Å²) < 4.78 is 6.60. The highest BCUT2D eigenvalue weighted by Crippen LogP contribution is 2.27. The molecule has 1 N–H and O–H groups in total. The zero-order chi connectivity index (χ0) is 24.2. The molecule has 4 amide bonds. The molecule has 0 saturated carbocycles. The maximum absolute atomic E-state index is 13.0. The summed E-state index contributed by atoms with van der Waals surface area (Å²) in [6.45, 7) is 2.07. The van der Waals surface area contributed by atoms with Crippen LogP contribution in [0.1, 0.15) is 22.3 Å². The first-order chi connectivity index (χ1) is 16.4. The fourth-order valence-corrected chi connectivity index (χ4v) is 3.65. The number of nitrogens with zero attached hydrogens (tertiary/aromatic N) is 2. The molecule has 0 atom stereocenters. The number of carbonyl (C=O) groups excluding carboxylic acids is 3. The van der Waals surface area contributed by atoms with Crippen molar-refractivity contribution in [3.8, 4) is 11.8 Å². The Hall–Kier alpha value is -4.22. The summed E-state index contributed by atoms with van der Waals surface area (Å²) in [5, 5.41) is 11.4. The van der Waals surface area contributed by atoms with Gasteiger partial charge in [-0.25, -0.2) is 9.69 Å². The van der Waals surface area contributed by atoms with Gasteiger partial charge in [-0.05, 0) is 60.5 Å². The molecule has 1 aliphatic rings. The number of aryl methyl sites for hydroxylation is 1. The van der Waals surface area contributed by atoms with Gasteiger partial charge in [0.15, 0.2) is 0 Å². The zero-order valence-corrected chi connectivity index (χ0v) is 19.6. The molecule has 4 rings (SSSR count). The third-order valence-electron chi connectivity index (χ3n) is 5.22. The van der Waals surface area contributed by atoms with E-state index in [4.69, 9.17) is 4.74 Å². The lowest BCUT2D eigenvalue weighted by atomic mass is 10.1. The lowest BCUT2D eigenvalue weighted by molar-refractivity contribution is -0.122. The molecule has 3 aromatic rings. The SMILES string of the molecule is Cc1cc(N2C(=O)NC(=O)/C(=C\c3ccc(OCc4ccccc4C#N)cc3)C2=O)ccc1Br. The second-order valence-corrected chi connectivity index (χ2v) is 8.37.